The van der Waals surface area contributed by atoms with Crippen LogP contribution in [-0.4, -0.2) is 65.8 Å². The molecule has 7 heteroatoms. The molecule has 36 heavy (non-hydrogen) atoms. The molecule has 0 radical (unpaired) electrons. The molecule has 0 aromatic heterocycles. The van der Waals surface area contributed by atoms with Gasteiger partial charge in [0, 0.05) is 31.2 Å². The first-order valence-electron chi connectivity index (χ1n) is 13.4. The zero-order valence-corrected chi connectivity index (χ0v) is 21.1. The van der Waals surface area contributed by atoms with Crippen molar-refractivity contribution in [2.45, 2.75) is 64.1 Å². The smallest absolute Gasteiger partial charge is 0.256 e. The highest BCUT2D eigenvalue weighted by Crippen LogP contribution is 2.33. The topological polar surface area (TPSA) is 73.0 Å². The van der Waals surface area contributed by atoms with Crippen molar-refractivity contribution in [1.29, 1.82) is 0 Å². The fourth-order valence-electron chi connectivity index (χ4n) is 5.79. The average Bonchev–Trinajstić information content (AvgIpc) is 3.38. The monoisotopic (exact) mass is 488 g/mol. The quantitative estimate of drug-likeness (QED) is 0.602. The van der Waals surface area contributed by atoms with Crippen molar-refractivity contribution in [1.82, 2.24) is 15.1 Å². The van der Waals surface area contributed by atoms with Crippen LogP contribution in [0.1, 0.15) is 71.7 Å². The van der Waals surface area contributed by atoms with Crippen molar-refractivity contribution in [3.05, 3.63) is 65.2 Å². The van der Waals surface area contributed by atoms with Gasteiger partial charge in [-0.3, -0.25) is 14.4 Å². The number of hydrogen-bond acceptors (Lipinski definition) is 4. The van der Waals surface area contributed by atoms with Crippen molar-refractivity contribution in [3.63, 3.8) is 0 Å². The molecule has 2 fully saturated rings. The van der Waals surface area contributed by atoms with Gasteiger partial charge < -0.3 is 20.0 Å². The summed E-state index contributed by atoms with van der Waals surface area (Å²) in [6.45, 7) is 6.12. The van der Waals surface area contributed by atoms with Crippen LogP contribution in [0.3, 0.4) is 0 Å². The third-order valence-corrected chi connectivity index (χ3v) is 7.90. The summed E-state index contributed by atoms with van der Waals surface area (Å²) in [6.07, 6.45) is 6.35. The number of nitrogens with one attached hydrogen (secondary N) is 1. The number of piperidine rings is 1. The van der Waals surface area contributed by atoms with Crippen molar-refractivity contribution in [2.24, 2.45) is 0 Å². The minimum absolute atomic E-state index is 0.0318. The summed E-state index contributed by atoms with van der Waals surface area (Å²) in [7, 11) is 0. The molecular formula is C29H36N4O3. The van der Waals surface area contributed by atoms with Gasteiger partial charge in [-0.1, -0.05) is 30.7 Å². The predicted molar refractivity (Wildman–Crippen MR) is 140 cm³/mol. The lowest BCUT2D eigenvalue weighted by Gasteiger charge is -2.33. The largest absolute Gasteiger partial charge is 0.352 e. The van der Waals surface area contributed by atoms with Gasteiger partial charge in [0.05, 0.1) is 17.8 Å². The second-order valence-electron chi connectivity index (χ2n) is 10.3. The zero-order chi connectivity index (χ0) is 25.1. The molecular weight excluding hydrogens is 452 g/mol. The average molecular weight is 489 g/mol. The molecule has 0 bridgehead atoms. The Hall–Kier alpha value is -3.19. The first kappa shape index (κ1) is 24.5. The van der Waals surface area contributed by atoms with Crippen LogP contribution in [-0.2, 0) is 11.3 Å². The van der Waals surface area contributed by atoms with E-state index in [9.17, 15) is 14.4 Å². The predicted octanol–water partition coefficient (Wildman–Crippen LogP) is 3.83. The molecule has 7 nitrogen and oxygen atoms in total. The molecule has 3 heterocycles. The van der Waals surface area contributed by atoms with Crippen LogP contribution in [0.4, 0.5) is 5.69 Å². The lowest BCUT2D eigenvalue weighted by atomic mass is 10.0. The Balaban J connectivity index is 1.21. The number of benzene rings is 2. The molecule has 3 aliphatic heterocycles. The van der Waals surface area contributed by atoms with Crippen molar-refractivity contribution in [2.75, 3.05) is 31.1 Å². The van der Waals surface area contributed by atoms with E-state index in [1.54, 1.807) is 15.9 Å². The van der Waals surface area contributed by atoms with Gasteiger partial charge in [-0.05, 0) is 75.4 Å². The van der Waals surface area contributed by atoms with Gasteiger partial charge in [0.15, 0.2) is 0 Å². The normalized spacial score (nSPS) is 22.2. The van der Waals surface area contributed by atoms with Gasteiger partial charge in [-0.15, -0.1) is 0 Å². The van der Waals surface area contributed by atoms with E-state index < -0.39 is 6.04 Å². The number of para-hydroxylation sites is 1. The van der Waals surface area contributed by atoms with Crippen LogP contribution in [0.5, 0.6) is 0 Å². The first-order chi connectivity index (χ1) is 17.5. The molecule has 0 unspecified atom stereocenters. The number of carbonyl (C=O) groups excluding carboxylic acids is 3. The molecule has 5 rings (SSSR count). The van der Waals surface area contributed by atoms with Crippen LogP contribution >= 0.6 is 0 Å². The van der Waals surface area contributed by atoms with E-state index in [-0.39, 0.29) is 17.7 Å². The number of nitrogens with zero attached hydrogens (tertiary/aromatic N) is 3. The molecule has 2 atom stereocenters. The van der Waals surface area contributed by atoms with Crippen LogP contribution < -0.4 is 10.2 Å². The number of hydrogen-bond donors (Lipinski definition) is 1. The van der Waals surface area contributed by atoms with Gasteiger partial charge >= 0.3 is 0 Å². The van der Waals surface area contributed by atoms with Gasteiger partial charge in [0.2, 0.25) is 5.91 Å². The van der Waals surface area contributed by atoms with E-state index >= 15 is 0 Å². The van der Waals surface area contributed by atoms with Crippen molar-refractivity contribution in [3.8, 4) is 0 Å². The number of carbonyl (C=O) groups is 3. The van der Waals surface area contributed by atoms with E-state index in [0.717, 1.165) is 31.5 Å². The SMILES string of the molecule is C[C@H]1CCCCN1CCCNC(=O)c1ccc(CN2C(=O)[C@H]3CCCN3C(=O)c3ccccc32)cc1. The minimum Gasteiger partial charge on any atom is -0.352 e. The molecule has 3 amide bonds. The minimum atomic E-state index is -0.400. The lowest BCUT2D eigenvalue weighted by Crippen LogP contribution is -2.44. The summed E-state index contributed by atoms with van der Waals surface area (Å²) in [5.74, 6) is -0.169. The fourth-order valence-corrected chi connectivity index (χ4v) is 5.79. The Morgan fingerprint density at radius 3 is 2.58 bits per heavy atom. The molecule has 1 N–H and O–H groups in total. The van der Waals surface area contributed by atoms with Crippen molar-refractivity contribution < 1.29 is 14.4 Å². The summed E-state index contributed by atoms with van der Waals surface area (Å²) >= 11 is 0. The number of fused-ring (bicyclic) bond motifs is 2. The molecule has 190 valence electrons. The number of anilines is 1. The van der Waals surface area contributed by atoms with Crippen molar-refractivity contribution >= 4 is 23.4 Å². The second-order valence-corrected chi connectivity index (χ2v) is 10.3. The summed E-state index contributed by atoms with van der Waals surface area (Å²) in [6, 6.07) is 15.0. The van der Waals surface area contributed by atoms with E-state index in [2.05, 4.69) is 17.1 Å². The maximum Gasteiger partial charge on any atom is 0.256 e. The highest BCUT2D eigenvalue weighted by molar-refractivity contribution is 6.11. The third-order valence-electron chi connectivity index (χ3n) is 7.90. The summed E-state index contributed by atoms with van der Waals surface area (Å²) in [4.78, 5) is 45.2. The second kappa shape index (κ2) is 10.8. The lowest BCUT2D eigenvalue weighted by molar-refractivity contribution is -0.122. The first-order valence-corrected chi connectivity index (χ1v) is 13.4. The number of rotatable bonds is 7. The van der Waals surface area contributed by atoms with E-state index in [4.69, 9.17) is 0 Å². The molecule has 0 saturated carbocycles. The number of amides is 3. The van der Waals surface area contributed by atoms with E-state index in [1.807, 2.05) is 42.5 Å². The van der Waals surface area contributed by atoms with Gasteiger partial charge in [-0.2, -0.15) is 0 Å². The Morgan fingerprint density at radius 2 is 1.78 bits per heavy atom. The Kier molecular flexibility index (Phi) is 7.37. The van der Waals surface area contributed by atoms with Crippen LogP contribution in [0.25, 0.3) is 0 Å². The molecule has 3 aliphatic rings. The standard InChI is InChI=1S/C29H36N4O3/c1-21-8-4-5-17-31(21)18-7-16-30-27(34)23-14-12-22(13-15-23)20-33-25-10-3-2-9-24(25)28(35)32-19-6-11-26(32)29(33)36/h2-3,9-10,12-15,21,26H,4-8,11,16-20H2,1H3,(H,30,34)/t21-,26+/m0/s1. The highest BCUT2D eigenvalue weighted by atomic mass is 16.2. The molecule has 2 saturated heterocycles. The summed E-state index contributed by atoms with van der Waals surface area (Å²) < 4.78 is 0. The van der Waals surface area contributed by atoms with Crippen LogP contribution in [0.15, 0.2) is 48.5 Å². The Morgan fingerprint density at radius 1 is 0.972 bits per heavy atom. The molecule has 0 aliphatic carbocycles. The summed E-state index contributed by atoms with van der Waals surface area (Å²) in [5.41, 5.74) is 2.77. The van der Waals surface area contributed by atoms with E-state index in [1.165, 1.54) is 19.3 Å². The molecule has 2 aromatic carbocycles. The van der Waals surface area contributed by atoms with E-state index in [0.29, 0.717) is 48.9 Å². The van der Waals surface area contributed by atoms with Gasteiger partial charge in [0.25, 0.3) is 11.8 Å². The summed E-state index contributed by atoms with van der Waals surface area (Å²) in [5, 5.41) is 3.04. The maximum atomic E-state index is 13.5. The van der Waals surface area contributed by atoms with Gasteiger partial charge in [0.1, 0.15) is 6.04 Å². The Labute approximate surface area is 213 Å². The number of likely N-dealkylation sites (tertiary alicyclic amines) is 1. The highest BCUT2D eigenvalue weighted by Gasteiger charge is 2.41. The van der Waals surface area contributed by atoms with Crippen LogP contribution in [0.2, 0.25) is 0 Å². The zero-order valence-electron chi connectivity index (χ0n) is 21.1. The maximum absolute atomic E-state index is 13.5. The Bertz CT molecular complexity index is 1120. The molecule has 2 aromatic rings. The third kappa shape index (κ3) is 5.03. The van der Waals surface area contributed by atoms with Crippen LogP contribution in [0, 0.1) is 0 Å². The molecule has 0 spiro atoms. The fraction of sp³-hybridized carbons (Fsp3) is 0.483. The van der Waals surface area contributed by atoms with Gasteiger partial charge in [-0.25, -0.2) is 0 Å².